The molecule has 0 aliphatic heterocycles. The number of rotatable bonds is 6. The number of carbonyl (C=O) groups is 1. The Labute approximate surface area is 118 Å². The lowest BCUT2D eigenvalue weighted by Gasteiger charge is -2.23. The molecule has 0 saturated heterocycles. The number of aromatic carboxylic acids is 1. The molecule has 5 heteroatoms. The van der Waals surface area contributed by atoms with Crippen LogP contribution in [-0.4, -0.2) is 45.2 Å². The molecule has 0 saturated carbocycles. The van der Waals surface area contributed by atoms with E-state index in [1.807, 2.05) is 6.07 Å². The molecule has 2 rings (SSSR count). The van der Waals surface area contributed by atoms with E-state index < -0.39 is 5.97 Å². The van der Waals surface area contributed by atoms with Gasteiger partial charge in [0.2, 0.25) is 0 Å². The van der Waals surface area contributed by atoms with Crippen LogP contribution in [0.3, 0.4) is 0 Å². The predicted molar refractivity (Wildman–Crippen MR) is 79.1 cm³/mol. The molecular weight excluding hydrogens is 254 g/mol. The zero-order chi connectivity index (χ0) is 14.7. The van der Waals surface area contributed by atoms with Crippen LogP contribution >= 0.6 is 0 Å². The van der Waals surface area contributed by atoms with Crippen molar-refractivity contribution in [3.8, 4) is 0 Å². The summed E-state index contributed by atoms with van der Waals surface area (Å²) in [4.78, 5) is 17.5. The van der Waals surface area contributed by atoms with Crippen LogP contribution in [0.2, 0.25) is 0 Å². The normalized spacial score (nSPS) is 13.0. The predicted octanol–water partition coefficient (Wildman–Crippen LogP) is 2.46. The molecule has 0 spiro atoms. The standard InChI is InChI=1S/C15H21N3O2/c1-4-11(2)17(3)7-8-18-10-16-13-9-12(15(19)20)5-6-14(13)18/h5-6,9-11H,4,7-8H2,1-3H3,(H,19,20). The van der Waals surface area contributed by atoms with Gasteiger partial charge in [-0.15, -0.1) is 0 Å². The number of benzene rings is 1. The van der Waals surface area contributed by atoms with Crippen LogP contribution in [0.5, 0.6) is 0 Å². The van der Waals surface area contributed by atoms with Crippen molar-refractivity contribution in [2.75, 3.05) is 13.6 Å². The van der Waals surface area contributed by atoms with Gasteiger partial charge in [0.05, 0.1) is 22.9 Å². The molecule has 20 heavy (non-hydrogen) atoms. The van der Waals surface area contributed by atoms with E-state index in [4.69, 9.17) is 5.11 Å². The van der Waals surface area contributed by atoms with E-state index in [0.717, 1.165) is 30.5 Å². The van der Waals surface area contributed by atoms with Gasteiger partial charge in [-0.25, -0.2) is 9.78 Å². The summed E-state index contributed by atoms with van der Waals surface area (Å²) in [6.45, 7) is 6.19. The van der Waals surface area contributed by atoms with E-state index in [2.05, 4.69) is 35.3 Å². The molecule has 1 atom stereocenters. The molecule has 0 aliphatic carbocycles. The Bertz CT molecular complexity index is 606. The summed E-state index contributed by atoms with van der Waals surface area (Å²) < 4.78 is 2.07. The van der Waals surface area contributed by atoms with Crippen LogP contribution in [0, 0.1) is 0 Å². The first-order chi connectivity index (χ1) is 9.52. The summed E-state index contributed by atoms with van der Waals surface area (Å²) in [5.41, 5.74) is 1.99. The fourth-order valence-electron chi connectivity index (χ4n) is 2.17. The highest BCUT2D eigenvalue weighted by atomic mass is 16.4. The van der Waals surface area contributed by atoms with Crippen molar-refractivity contribution in [1.29, 1.82) is 0 Å². The Hall–Kier alpha value is -1.88. The minimum absolute atomic E-state index is 0.277. The lowest BCUT2D eigenvalue weighted by atomic mass is 10.2. The van der Waals surface area contributed by atoms with Crippen molar-refractivity contribution < 1.29 is 9.90 Å². The van der Waals surface area contributed by atoms with Gasteiger partial charge in [-0.05, 0) is 38.6 Å². The number of likely N-dealkylation sites (N-methyl/N-ethyl adjacent to an activating group) is 1. The largest absolute Gasteiger partial charge is 0.478 e. The molecule has 1 unspecified atom stereocenters. The van der Waals surface area contributed by atoms with Crippen molar-refractivity contribution >= 4 is 17.0 Å². The first-order valence-electron chi connectivity index (χ1n) is 6.91. The summed E-state index contributed by atoms with van der Waals surface area (Å²) in [7, 11) is 2.12. The Morgan fingerprint density at radius 1 is 1.50 bits per heavy atom. The van der Waals surface area contributed by atoms with Crippen LogP contribution in [0.25, 0.3) is 11.0 Å². The van der Waals surface area contributed by atoms with Gasteiger partial charge in [-0.1, -0.05) is 6.92 Å². The SMILES string of the molecule is CCC(C)N(C)CCn1cnc2cc(C(=O)O)ccc21. The highest BCUT2D eigenvalue weighted by molar-refractivity contribution is 5.92. The quantitative estimate of drug-likeness (QED) is 0.880. The molecule has 5 nitrogen and oxygen atoms in total. The summed E-state index contributed by atoms with van der Waals surface area (Å²) >= 11 is 0. The number of hydrogen-bond acceptors (Lipinski definition) is 3. The topological polar surface area (TPSA) is 58.4 Å². The summed E-state index contributed by atoms with van der Waals surface area (Å²) in [5.74, 6) is -0.919. The third kappa shape index (κ3) is 2.99. The molecule has 1 N–H and O–H groups in total. The van der Waals surface area contributed by atoms with Crippen LogP contribution < -0.4 is 0 Å². The number of fused-ring (bicyclic) bond motifs is 1. The van der Waals surface area contributed by atoms with Gasteiger partial charge in [0.15, 0.2) is 0 Å². The fraction of sp³-hybridized carbons (Fsp3) is 0.467. The van der Waals surface area contributed by atoms with Crippen LogP contribution in [0.1, 0.15) is 30.6 Å². The molecule has 0 bridgehead atoms. The smallest absolute Gasteiger partial charge is 0.335 e. The lowest BCUT2D eigenvalue weighted by molar-refractivity contribution is 0.0697. The van der Waals surface area contributed by atoms with Crippen LogP contribution in [0.4, 0.5) is 0 Å². The monoisotopic (exact) mass is 275 g/mol. The van der Waals surface area contributed by atoms with Gasteiger partial charge in [0, 0.05) is 19.1 Å². The second kappa shape index (κ2) is 6.05. The Morgan fingerprint density at radius 2 is 2.25 bits per heavy atom. The van der Waals surface area contributed by atoms with Crippen LogP contribution in [0.15, 0.2) is 24.5 Å². The van der Waals surface area contributed by atoms with Crippen molar-refractivity contribution in [2.24, 2.45) is 0 Å². The lowest BCUT2D eigenvalue weighted by Crippen LogP contribution is -2.31. The van der Waals surface area contributed by atoms with Gasteiger partial charge < -0.3 is 14.6 Å². The molecule has 1 aromatic carbocycles. The Balaban J connectivity index is 2.14. The average Bonchev–Trinajstić information content (AvgIpc) is 2.85. The van der Waals surface area contributed by atoms with E-state index in [-0.39, 0.29) is 5.56 Å². The van der Waals surface area contributed by atoms with E-state index >= 15 is 0 Å². The average molecular weight is 275 g/mol. The molecule has 1 heterocycles. The third-order valence-electron chi connectivity index (χ3n) is 3.90. The van der Waals surface area contributed by atoms with Crippen molar-refractivity contribution in [2.45, 2.75) is 32.9 Å². The van der Waals surface area contributed by atoms with E-state index in [1.54, 1.807) is 18.5 Å². The van der Waals surface area contributed by atoms with Gasteiger partial charge in [0.25, 0.3) is 0 Å². The zero-order valence-electron chi connectivity index (χ0n) is 12.2. The molecule has 0 aliphatic rings. The highest BCUT2D eigenvalue weighted by Crippen LogP contribution is 2.15. The van der Waals surface area contributed by atoms with Crippen LogP contribution in [-0.2, 0) is 6.54 Å². The number of hydrogen-bond donors (Lipinski definition) is 1. The van der Waals surface area contributed by atoms with E-state index in [1.165, 1.54) is 0 Å². The van der Waals surface area contributed by atoms with Gasteiger partial charge in [-0.2, -0.15) is 0 Å². The maximum atomic E-state index is 10.9. The molecule has 2 aromatic rings. The molecule has 1 aromatic heterocycles. The number of imidazole rings is 1. The molecule has 0 radical (unpaired) electrons. The number of carboxylic acids is 1. The van der Waals surface area contributed by atoms with Gasteiger partial charge in [0.1, 0.15) is 0 Å². The minimum atomic E-state index is -0.919. The fourth-order valence-corrected chi connectivity index (χ4v) is 2.17. The minimum Gasteiger partial charge on any atom is -0.478 e. The Kier molecular flexibility index (Phi) is 4.39. The van der Waals surface area contributed by atoms with Gasteiger partial charge >= 0.3 is 5.97 Å². The second-order valence-electron chi connectivity index (χ2n) is 5.18. The van der Waals surface area contributed by atoms with E-state index in [0.29, 0.717) is 6.04 Å². The molecular formula is C15H21N3O2. The van der Waals surface area contributed by atoms with Crippen molar-refractivity contribution in [3.05, 3.63) is 30.1 Å². The van der Waals surface area contributed by atoms with Gasteiger partial charge in [-0.3, -0.25) is 0 Å². The number of nitrogens with zero attached hydrogens (tertiary/aromatic N) is 3. The van der Waals surface area contributed by atoms with Crippen molar-refractivity contribution in [1.82, 2.24) is 14.5 Å². The first-order valence-corrected chi connectivity index (χ1v) is 6.91. The number of aromatic nitrogens is 2. The first kappa shape index (κ1) is 14.5. The molecule has 0 amide bonds. The highest BCUT2D eigenvalue weighted by Gasteiger charge is 2.10. The zero-order valence-corrected chi connectivity index (χ0v) is 12.2. The molecule has 108 valence electrons. The summed E-state index contributed by atoms with van der Waals surface area (Å²) in [5, 5.41) is 8.97. The Morgan fingerprint density at radius 3 is 2.90 bits per heavy atom. The maximum absolute atomic E-state index is 10.9. The van der Waals surface area contributed by atoms with Crippen molar-refractivity contribution in [3.63, 3.8) is 0 Å². The third-order valence-corrected chi connectivity index (χ3v) is 3.90. The molecule has 0 fully saturated rings. The summed E-state index contributed by atoms with van der Waals surface area (Å²) in [6, 6.07) is 5.63. The van der Waals surface area contributed by atoms with E-state index in [9.17, 15) is 4.79 Å². The summed E-state index contributed by atoms with van der Waals surface area (Å²) in [6.07, 6.45) is 2.91. The number of carboxylic acid groups (broad SMARTS) is 1. The second-order valence-corrected chi connectivity index (χ2v) is 5.18. The maximum Gasteiger partial charge on any atom is 0.335 e.